The first kappa shape index (κ1) is 11.7. The Kier molecular flexibility index (Phi) is 2.83. The lowest BCUT2D eigenvalue weighted by molar-refractivity contribution is 0.233. The summed E-state index contributed by atoms with van der Waals surface area (Å²) in [4.78, 5) is 13.1. The van der Waals surface area contributed by atoms with Gasteiger partial charge in [0.05, 0.1) is 11.6 Å². The van der Waals surface area contributed by atoms with Gasteiger partial charge in [-0.15, -0.1) is 0 Å². The van der Waals surface area contributed by atoms with Gasteiger partial charge >= 0.3 is 0 Å². The summed E-state index contributed by atoms with van der Waals surface area (Å²) < 4.78 is 0. The molecule has 0 aromatic carbocycles. The molecule has 1 N–H and O–H groups in total. The lowest BCUT2D eigenvalue weighted by Gasteiger charge is -2.38. The highest BCUT2D eigenvalue weighted by Crippen LogP contribution is 2.25. The SMILES string of the molecule is CC1CN(c2nc(Cl)nc3[nH]ncc23)CCN1C. The Labute approximate surface area is 110 Å². The number of nitrogens with one attached hydrogen (secondary N) is 1. The zero-order valence-electron chi connectivity index (χ0n) is 10.4. The van der Waals surface area contributed by atoms with Crippen LogP contribution in [0, 0.1) is 0 Å². The number of fused-ring (bicyclic) bond motifs is 1. The van der Waals surface area contributed by atoms with E-state index < -0.39 is 0 Å². The number of hydrogen-bond acceptors (Lipinski definition) is 5. The molecular weight excluding hydrogens is 252 g/mol. The minimum Gasteiger partial charge on any atom is -0.353 e. The van der Waals surface area contributed by atoms with Gasteiger partial charge in [0.2, 0.25) is 5.28 Å². The van der Waals surface area contributed by atoms with Crippen molar-refractivity contribution in [2.75, 3.05) is 31.6 Å². The number of likely N-dealkylation sites (N-methyl/N-ethyl adjacent to an activating group) is 1. The highest BCUT2D eigenvalue weighted by molar-refractivity contribution is 6.28. The lowest BCUT2D eigenvalue weighted by Crippen LogP contribution is -2.50. The third-order valence-electron chi connectivity index (χ3n) is 3.52. The Morgan fingerprint density at radius 1 is 1.39 bits per heavy atom. The molecule has 1 atom stereocenters. The number of piperazine rings is 1. The standard InChI is InChI=1S/C11H15ClN6/c1-7-6-18(4-3-17(7)2)10-8-5-13-16-9(8)14-11(12)15-10/h5,7H,3-4,6H2,1-2H3,(H,13,14,15,16). The van der Waals surface area contributed by atoms with Gasteiger partial charge in [0.15, 0.2) is 5.65 Å². The molecule has 1 unspecified atom stereocenters. The van der Waals surface area contributed by atoms with Crippen LogP contribution in [0.1, 0.15) is 6.92 Å². The first-order valence-electron chi connectivity index (χ1n) is 5.97. The van der Waals surface area contributed by atoms with Gasteiger partial charge in [0.25, 0.3) is 0 Å². The molecule has 2 aromatic rings. The molecule has 1 aliphatic heterocycles. The van der Waals surface area contributed by atoms with E-state index in [1.165, 1.54) is 0 Å². The Morgan fingerprint density at radius 2 is 2.22 bits per heavy atom. The van der Waals surface area contributed by atoms with Crippen LogP contribution in [0.5, 0.6) is 0 Å². The van der Waals surface area contributed by atoms with Crippen LogP contribution in [0.3, 0.4) is 0 Å². The minimum atomic E-state index is 0.258. The van der Waals surface area contributed by atoms with E-state index in [1.807, 2.05) is 0 Å². The van der Waals surface area contributed by atoms with Crippen LogP contribution in [0.2, 0.25) is 5.28 Å². The van der Waals surface area contributed by atoms with E-state index in [4.69, 9.17) is 11.6 Å². The number of aromatic nitrogens is 4. The molecule has 6 nitrogen and oxygen atoms in total. The van der Waals surface area contributed by atoms with Crippen molar-refractivity contribution in [2.45, 2.75) is 13.0 Å². The van der Waals surface area contributed by atoms with Crippen molar-refractivity contribution in [3.8, 4) is 0 Å². The molecule has 18 heavy (non-hydrogen) atoms. The molecular formula is C11H15ClN6. The van der Waals surface area contributed by atoms with Gasteiger partial charge in [-0.25, -0.2) is 0 Å². The normalized spacial score (nSPS) is 21.7. The van der Waals surface area contributed by atoms with Crippen LogP contribution in [-0.2, 0) is 0 Å². The lowest BCUT2D eigenvalue weighted by atomic mass is 10.2. The summed E-state index contributed by atoms with van der Waals surface area (Å²) in [5, 5.41) is 8.03. The highest BCUT2D eigenvalue weighted by atomic mass is 35.5. The summed E-state index contributed by atoms with van der Waals surface area (Å²) in [6, 6.07) is 0.495. The fourth-order valence-electron chi connectivity index (χ4n) is 2.27. The smallest absolute Gasteiger partial charge is 0.226 e. The van der Waals surface area contributed by atoms with E-state index in [9.17, 15) is 0 Å². The topological polar surface area (TPSA) is 60.9 Å². The average molecular weight is 267 g/mol. The number of hydrogen-bond donors (Lipinski definition) is 1. The Bertz CT molecular complexity index is 568. The van der Waals surface area contributed by atoms with Crippen LogP contribution < -0.4 is 4.90 Å². The van der Waals surface area contributed by atoms with Gasteiger partial charge in [-0.05, 0) is 25.6 Å². The van der Waals surface area contributed by atoms with Crippen molar-refractivity contribution in [1.82, 2.24) is 25.1 Å². The second-order valence-electron chi connectivity index (χ2n) is 4.72. The van der Waals surface area contributed by atoms with Gasteiger partial charge in [-0.3, -0.25) is 5.10 Å². The fourth-order valence-corrected chi connectivity index (χ4v) is 2.44. The maximum Gasteiger partial charge on any atom is 0.226 e. The summed E-state index contributed by atoms with van der Waals surface area (Å²) >= 11 is 5.96. The van der Waals surface area contributed by atoms with E-state index in [2.05, 4.69) is 43.9 Å². The van der Waals surface area contributed by atoms with Gasteiger partial charge in [-0.1, -0.05) is 0 Å². The average Bonchev–Trinajstić information content (AvgIpc) is 2.79. The van der Waals surface area contributed by atoms with Gasteiger partial charge < -0.3 is 9.80 Å². The second-order valence-corrected chi connectivity index (χ2v) is 5.06. The molecule has 0 spiro atoms. The maximum atomic E-state index is 5.96. The van der Waals surface area contributed by atoms with Crippen LogP contribution in [0.25, 0.3) is 11.0 Å². The second kappa shape index (κ2) is 4.37. The highest BCUT2D eigenvalue weighted by Gasteiger charge is 2.24. The Morgan fingerprint density at radius 3 is 3.00 bits per heavy atom. The first-order chi connectivity index (χ1) is 8.65. The minimum absolute atomic E-state index is 0.258. The number of rotatable bonds is 1. The predicted molar refractivity (Wildman–Crippen MR) is 71.0 cm³/mol. The van der Waals surface area contributed by atoms with Crippen LogP contribution >= 0.6 is 11.6 Å². The van der Waals surface area contributed by atoms with Crippen LogP contribution in [0.15, 0.2) is 6.20 Å². The van der Waals surface area contributed by atoms with Crippen LogP contribution in [-0.4, -0.2) is 57.8 Å². The van der Waals surface area contributed by atoms with Gasteiger partial charge in [-0.2, -0.15) is 15.1 Å². The largest absolute Gasteiger partial charge is 0.353 e. The number of halogens is 1. The maximum absolute atomic E-state index is 5.96. The van der Waals surface area contributed by atoms with Crippen molar-refractivity contribution >= 4 is 28.5 Å². The van der Waals surface area contributed by atoms with Gasteiger partial charge in [0.1, 0.15) is 5.82 Å². The summed E-state index contributed by atoms with van der Waals surface area (Å²) in [7, 11) is 2.14. The number of H-pyrrole nitrogens is 1. The van der Waals surface area contributed by atoms with Crippen molar-refractivity contribution in [3.63, 3.8) is 0 Å². The third-order valence-corrected chi connectivity index (χ3v) is 3.69. The molecule has 0 amide bonds. The fraction of sp³-hybridized carbons (Fsp3) is 0.545. The molecule has 2 aromatic heterocycles. The molecule has 96 valence electrons. The zero-order chi connectivity index (χ0) is 12.7. The zero-order valence-corrected chi connectivity index (χ0v) is 11.1. The molecule has 3 rings (SSSR count). The summed E-state index contributed by atoms with van der Waals surface area (Å²) in [6.45, 7) is 5.10. The van der Waals surface area contributed by atoms with E-state index in [0.29, 0.717) is 11.7 Å². The number of nitrogens with zero attached hydrogens (tertiary/aromatic N) is 5. The Hall–Kier alpha value is -1.40. The molecule has 7 heteroatoms. The summed E-state index contributed by atoms with van der Waals surface area (Å²) in [5.41, 5.74) is 0.691. The third kappa shape index (κ3) is 1.91. The molecule has 0 bridgehead atoms. The van der Waals surface area contributed by atoms with Gasteiger partial charge in [0, 0.05) is 25.7 Å². The van der Waals surface area contributed by atoms with Crippen molar-refractivity contribution in [1.29, 1.82) is 0 Å². The molecule has 0 saturated carbocycles. The molecule has 1 aliphatic rings. The van der Waals surface area contributed by atoms with E-state index in [0.717, 1.165) is 30.8 Å². The first-order valence-corrected chi connectivity index (χ1v) is 6.35. The summed E-state index contributed by atoms with van der Waals surface area (Å²) in [5.74, 6) is 0.874. The monoisotopic (exact) mass is 266 g/mol. The van der Waals surface area contributed by atoms with Crippen molar-refractivity contribution in [3.05, 3.63) is 11.5 Å². The quantitative estimate of drug-likeness (QED) is 0.785. The molecule has 1 saturated heterocycles. The molecule has 3 heterocycles. The number of anilines is 1. The summed E-state index contributed by atoms with van der Waals surface area (Å²) in [6.07, 6.45) is 1.75. The predicted octanol–water partition coefficient (Wildman–Crippen LogP) is 1.15. The van der Waals surface area contributed by atoms with E-state index in [1.54, 1.807) is 6.20 Å². The van der Waals surface area contributed by atoms with E-state index >= 15 is 0 Å². The van der Waals surface area contributed by atoms with E-state index in [-0.39, 0.29) is 5.28 Å². The van der Waals surface area contributed by atoms with Crippen molar-refractivity contribution in [2.24, 2.45) is 0 Å². The molecule has 0 radical (unpaired) electrons. The van der Waals surface area contributed by atoms with Crippen LogP contribution in [0.4, 0.5) is 5.82 Å². The van der Waals surface area contributed by atoms with Crippen molar-refractivity contribution < 1.29 is 0 Å². The number of aromatic amines is 1. The molecule has 1 fully saturated rings. The molecule has 0 aliphatic carbocycles. The Balaban J connectivity index is 2.01.